The van der Waals surface area contributed by atoms with Crippen molar-refractivity contribution in [1.29, 1.82) is 0 Å². The molecule has 3 aromatic rings. The highest BCUT2D eigenvalue weighted by atomic mass is 16.2. The van der Waals surface area contributed by atoms with E-state index in [9.17, 15) is 14.4 Å². The molecule has 170 valence electrons. The summed E-state index contributed by atoms with van der Waals surface area (Å²) >= 11 is 0. The van der Waals surface area contributed by atoms with Gasteiger partial charge in [0.1, 0.15) is 6.54 Å². The van der Waals surface area contributed by atoms with Crippen LogP contribution in [0.25, 0.3) is 11.2 Å². The first-order chi connectivity index (χ1) is 15.4. The summed E-state index contributed by atoms with van der Waals surface area (Å²) in [5, 5.41) is 3.07. The van der Waals surface area contributed by atoms with Crippen molar-refractivity contribution in [1.82, 2.24) is 24.0 Å². The lowest BCUT2D eigenvalue weighted by Gasteiger charge is -2.34. The number of amides is 1. The summed E-state index contributed by atoms with van der Waals surface area (Å²) in [4.78, 5) is 43.8. The number of hydrogen-bond acceptors (Lipinski definition) is 4. The molecule has 1 aliphatic carbocycles. The lowest BCUT2D eigenvalue weighted by Crippen LogP contribution is -2.48. The van der Waals surface area contributed by atoms with Crippen LogP contribution in [0, 0.1) is 11.8 Å². The van der Waals surface area contributed by atoms with Gasteiger partial charge in [-0.2, -0.15) is 0 Å². The van der Waals surface area contributed by atoms with Crippen molar-refractivity contribution < 1.29 is 4.79 Å². The zero-order valence-corrected chi connectivity index (χ0v) is 19.0. The van der Waals surface area contributed by atoms with Gasteiger partial charge in [-0.15, -0.1) is 0 Å². The van der Waals surface area contributed by atoms with Crippen LogP contribution >= 0.6 is 0 Å². The van der Waals surface area contributed by atoms with E-state index >= 15 is 0 Å². The molecule has 2 heterocycles. The second kappa shape index (κ2) is 9.14. The molecule has 1 N–H and O–H groups in total. The zero-order chi connectivity index (χ0) is 22.8. The van der Waals surface area contributed by atoms with Crippen molar-refractivity contribution in [3.63, 3.8) is 0 Å². The average Bonchev–Trinajstić information content (AvgIpc) is 3.22. The summed E-state index contributed by atoms with van der Waals surface area (Å²) in [6, 6.07) is 9.62. The molecule has 1 fully saturated rings. The van der Waals surface area contributed by atoms with Crippen LogP contribution in [0.5, 0.6) is 0 Å². The van der Waals surface area contributed by atoms with Gasteiger partial charge >= 0.3 is 5.69 Å². The molecule has 0 aliphatic heterocycles. The van der Waals surface area contributed by atoms with E-state index in [1.165, 1.54) is 4.57 Å². The zero-order valence-electron chi connectivity index (χ0n) is 19.0. The Kier molecular flexibility index (Phi) is 6.30. The lowest BCUT2D eigenvalue weighted by atomic mass is 9.78. The topological polar surface area (TPSA) is 90.9 Å². The minimum Gasteiger partial charge on any atom is -0.352 e. The minimum absolute atomic E-state index is 0.0680. The number of aromatic nitrogens is 4. The van der Waals surface area contributed by atoms with E-state index in [4.69, 9.17) is 0 Å². The van der Waals surface area contributed by atoms with Crippen LogP contribution in [-0.4, -0.2) is 30.6 Å². The van der Waals surface area contributed by atoms with Gasteiger partial charge in [0.05, 0.1) is 12.9 Å². The fraction of sp³-hybridized carbons (Fsp3) is 0.500. The molecule has 4 rings (SSSR count). The smallest absolute Gasteiger partial charge is 0.333 e. The van der Waals surface area contributed by atoms with Crippen LogP contribution in [0.2, 0.25) is 0 Å². The quantitative estimate of drug-likeness (QED) is 0.641. The molecule has 2 aromatic heterocycles. The third kappa shape index (κ3) is 4.13. The Balaban J connectivity index is 1.71. The van der Waals surface area contributed by atoms with Crippen molar-refractivity contribution in [3.05, 3.63) is 63.1 Å². The second-order valence-corrected chi connectivity index (χ2v) is 8.89. The number of rotatable bonds is 6. The number of carbonyl (C=O) groups excluding carboxylic acids is 1. The molecular formula is C24H31N5O3. The van der Waals surface area contributed by atoms with Gasteiger partial charge in [-0.1, -0.05) is 57.0 Å². The highest BCUT2D eigenvalue weighted by molar-refractivity contribution is 5.77. The third-order valence-corrected chi connectivity index (χ3v) is 6.86. The molecule has 0 unspecified atom stereocenters. The normalized spacial score (nSPS) is 21.0. The van der Waals surface area contributed by atoms with E-state index in [1.54, 1.807) is 10.9 Å². The summed E-state index contributed by atoms with van der Waals surface area (Å²) in [7, 11) is 0. The molecular weight excluding hydrogens is 406 g/mol. The van der Waals surface area contributed by atoms with E-state index in [1.807, 2.05) is 37.3 Å². The predicted octanol–water partition coefficient (Wildman–Crippen LogP) is 2.37. The van der Waals surface area contributed by atoms with Crippen molar-refractivity contribution in [2.75, 3.05) is 0 Å². The van der Waals surface area contributed by atoms with Crippen molar-refractivity contribution in [2.24, 2.45) is 11.8 Å². The Hall–Kier alpha value is -3.16. The van der Waals surface area contributed by atoms with E-state index in [0.717, 1.165) is 29.4 Å². The Morgan fingerprint density at radius 3 is 2.59 bits per heavy atom. The van der Waals surface area contributed by atoms with Crippen LogP contribution < -0.4 is 16.6 Å². The van der Waals surface area contributed by atoms with Crippen LogP contribution in [-0.2, 0) is 24.4 Å². The largest absolute Gasteiger partial charge is 0.352 e. The fourth-order valence-corrected chi connectivity index (χ4v) is 4.71. The van der Waals surface area contributed by atoms with Gasteiger partial charge in [-0.05, 0) is 30.7 Å². The van der Waals surface area contributed by atoms with Gasteiger partial charge < -0.3 is 9.88 Å². The number of nitrogens with one attached hydrogen (secondary N) is 1. The first-order valence-electron chi connectivity index (χ1n) is 11.4. The summed E-state index contributed by atoms with van der Waals surface area (Å²) in [5.74, 6) is 0.599. The monoisotopic (exact) mass is 437 g/mol. The van der Waals surface area contributed by atoms with E-state index in [-0.39, 0.29) is 25.0 Å². The summed E-state index contributed by atoms with van der Waals surface area (Å²) in [6.07, 6.45) is 4.73. The predicted molar refractivity (Wildman–Crippen MR) is 124 cm³/mol. The number of fused-ring (bicyclic) bond motifs is 1. The van der Waals surface area contributed by atoms with Gasteiger partial charge in [0.15, 0.2) is 11.2 Å². The highest BCUT2D eigenvalue weighted by Crippen LogP contribution is 2.29. The van der Waals surface area contributed by atoms with Crippen molar-refractivity contribution >= 4 is 17.1 Å². The van der Waals surface area contributed by atoms with Gasteiger partial charge in [-0.25, -0.2) is 14.3 Å². The van der Waals surface area contributed by atoms with Gasteiger partial charge in [0.2, 0.25) is 5.91 Å². The number of aryl methyl sites for hydroxylation is 1. The first-order valence-corrected chi connectivity index (χ1v) is 11.4. The van der Waals surface area contributed by atoms with Crippen molar-refractivity contribution in [3.8, 4) is 0 Å². The minimum atomic E-state index is -0.520. The lowest BCUT2D eigenvalue weighted by molar-refractivity contribution is -0.123. The van der Waals surface area contributed by atoms with Crippen LogP contribution in [0.3, 0.4) is 0 Å². The molecule has 1 aromatic carbocycles. The van der Waals surface area contributed by atoms with Gasteiger partial charge in [0, 0.05) is 12.6 Å². The second-order valence-electron chi connectivity index (χ2n) is 8.89. The molecule has 8 nitrogen and oxygen atoms in total. The molecule has 1 saturated carbocycles. The maximum absolute atomic E-state index is 13.3. The Labute approximate surface area is 186 Å². The standard InChI is InChI=1S/C24H31N5O3/c1-4-27-15-25-22-21(27)23(31)29(24(32)28(22)13-18-10-6-5-7-11-18)14-20(30)26-19-12-8-9-16(2)17(19)3/h5-7,10-11,15-17,19H,4,8-9,12-14H2,1-3H3,(H,26,30)/t16-,17-,19-/m1/s1. The molecule has 32 heavy (non-hydrogen) atoms. The average molecular weight is 438 g/mol. The molecule has 8 heteroatoms. The molecule has 1 aliphatic rings. The molecule has 3 atom stereocenters. The highest BCUT2D eigenvalue weighted by Gasteiger charge is 2.28. The molecule has 0 bridgehead atoms. The Bertz CT molecular complexity index is 1220. The van der Waals surface area contributed by atoms with Crippen LogP contribution in [0.15, 0.2) is 46.2 Å². The van der Waals surface area contributed by atoms with E-state index < -0.39 is 11.2 Å². The van der Waals surface area contributed by atoms with Crippen LogP contribution in [0.4, 0.5) is 0 Å². The molecule has 0 spiro atoms. The van der Waals surface area contributed by atoms with Crippen molar-refractivity contribution in [2.45, 2.75) is 65.7 Å². The summed E-state index contributed by atoms with van der Waals surface area (Å²) in [5.41, 5.74) is 0.607. The van der Waals surface area contributed by atoms with E-state index in [0.29, 0.717) is 29.5 Å². The van der Waals surface area contributed by atoms with Crippen LogP contribution in [0.1, 0.15) is 45.6 Å². The Morgan fingerprint density at radius 2 is 1.88 bits per heavy atom. The molecule has 0 saturated heterocycles. The number of carbonyl (C=O) groups is 1. The third-order valence-electron chi connectivity index (χ3n) is 6.86. The molecule has 0 radical (unpaired) electrons. The van der Waals surface area contributed by atoms with Gasteiger partial charge in [-0.3, -0.25) is 14.2 Å². The summed E-state index contributed by atoms with van der Waals surface area (Å²) in [6.45, 7) is 6.79. The van der Waals surface area contributed by atoms with E-state index in [2.05, 4.69) is 24.1 Å². The number of imidazole rings is 1. The molecule has 1 amide bonds. The number of benzene rings is 1. The summed E-state index contributed by atoms with van der Waals surface area (Å²) < 4.78 is 4.25. The SMILES string of the molecule is CCn1cnc2c1c(=O)n(CC(=O)N[C@@H]1CCC[C@@H](C)[C@H]1C)c(=O)n2Cc1ccccc1. The first kappa shape index (κ1) is 22.0. The number of nitrogens with zero attached hydrogens (tertiary/aromatic N) is 4. The number of hydrogen-bond donors (Lipinski definition) is 1. The maximum Gasteiger partial charge on any atom is 0.333 e. The fourth-order valence-electron chi connectivity index (χ4n) is 4.71. The van der Waals surface area contributed by atoms with Gasteiger partial charge in [0.25, 0.3) is 5.56 Å². The Morgan fingerprint density at radius 1 is 1.12 bits per heavy atom. The maximum atomic E-state index is 13.3.